The number of urea groups is 1. The highest BCUT2D eigenvalue weighted by Gasteiger charge is 2.29. The lowest BCUT2D eigenvalue weighted by atomic mass is 9.98. The molecular weight excluding hydrogens is 420 g/mol. The summed E-state index contributed by atoms with van der Waals surface area (Å²) in [6.07, 6.45) is 3.16. The van der Waals surface area contributed by atoms with Crippen LogP contribution in [0, 0.1) is 0 Å². The minimum Gasteiger partial charge on any atom is -0.495 e. The Balaban J connectivity index is 1.88. The van der Waals surface area contributed by atoms with Gasteiger partial charge < -0.3 is 10.1 Å². The van der Waals surface area contributed by atoms with Crippen molar-refractivity contribution in [3.8, 4) is 5.75 Å². The van der Waals surface area contributed by atoms with Gasteiger partial charge in [0.2, 0.25) is 0 Å². The molecule has 0 radical (unpaired) electrons. The fraction of sp³-hybridized carbons (Fsp3) is 0.158. The Bertz CT molecular complexity index is 871. The van der Waals surface area contributed by atoms with Crippen molar-refractivity contribution in [3.63, 3.8) is 0 Å². The van der Waals surface area contributed by atoms with Crippen LogP contribution < -0.4 is 10.1 Å². The first kappa shape index (κ1) is 18.5. The van der Waals surface area contributed by atoms with Crippen molar-refractivity contribution >= 4 is 45.0 Å². The molecular formula is C19H16BrClN2O3. The normalized spacial score (nSPS) is 16.5. The predicted octanol–water partition coefficient (Wildman–Crippen LogP) is 5.17. The van der Waals surface area contributed by atoms with E-state index in [0.29, 0.717) is 20.9 Å². The first-order valence-corrected chi connectivity index (χ1v) is 9.05. The summed E-state index contributed by atoms with van der Waals surface area (Å²) >= 11 is 9.47. The van der Waals surface area contributed by atoms with E-state index in [1.165, 1.54) is 24.3 Å². The second kappa shape index (κ2) is 7.93. The molecule has 1 aliphatic rings. The molecule has 1 N–H and O–H groups in total. The third-order valence-electron chi connectivity index (χ3n) is 4.05. The number of rotatable bonds is 3. The summed E-state index contributed by atoms with van der Waals surface area (Å²) in [6, 6.07) is 12.0. The van der Waals surface area contributed by atoms with Crippen molar-refractivity contribution < 1.29 is 14.3 Å². The molecule has 0 aliphatic carbocycles. The minimum absolute atomic E-state index is 0.0164. The topological polar surface area (TPSA) is 58.6 Å². The van der Waals surface area contributed by atoms with Crippen LogP contribution in [-0.4, -0.2) is 23.8 Å². The molecule has 134 valence electrons. The van der Waals surface area contributed by atoms with Crippen molar-refractivity contribution in [2.75, 3.05) is 12.4 Å². The highest BCUT2D eigenvalue weighted by Crippen LogP contribution is 2.35. The highest BCUT2D eigenvalue weighted by atomic mass is 79.9. The lowest BCUT2D eigenvalue weighted by Crippen LogP contribution is -2.37. The zero-order valence-corrected chi connectivity index (χ0v) is 16.3. The summed E-state index contributed by atoms with van der Waals surface area (Å²) in [5.74, 6) is 0.436. The lowest BCUT2D eigenvalue weighted by Gasteiger charge is -2.31. The Morgan fingerprint density at radius 1 is 1.31 bits per heavy atom. The first-order valence-electron chi connectivity index (χ1n) is 7.88. The van der Waals surface area contributed by atoms with Gasteiger partial charge in [-0.2, -0.15) is 0 Å². The Kier molecular flexibility index (Phi) is 5.64. The minimum atomic E-state index is -0.360. The van der Waals surface area contributed by atoms with E-state index in [9.17, 15) is 9.59 Å². The Morgan fingerprint density at radius 3 is 2.73 bits per heavy atom. The van der Waals surface area contributed by atoms with E-state index in [4.69, 9.17) is 16.3 Å². The van der Waals surface area contributed by atoms with Gasteiger partial charge in [-0.15, -0.1) is 0 Å². The number of allylic oxidation sites excluding steroid dienone is 1. The number of carbonyl (C=O) groups is 2. The SMILES string of the molecule is COc1cc(NC(=O)N2C=CC(=O)CC2c2ccccc2)c(Br)cc1Cl. The van der Waals surface area contributed by atoms with Crippen LogP contribution >= 0.6 is 27.5 Å². The van der Waals surface area contributed by atoms with Crippen molar-refractivity contribution in [2.45, 2.75) is 12.5 Å². The van der Waals surface area contributed by atoms with Gasteiger partial charge >= 0.3 is 6.03 Å². The van der Waals surface area contributed by atoms with Crippen LogP contribution in [0.2, 0.25) is 5.02 Å². The van der Waals surface area contributed by atoms with E-state index in [1.807, 2.05) is 30.3 Å². The summed E-state index contributed by atoms with van der Waals surface area (Å²) in [5, 5.41) is 3.27. The molecule has 2 aromatic rings. The maximum Gasteiger partial charge on any atom is 0.326 e. The largest absolute Gasteiger partial charge is 0.495 e. The Labute approximate surface area is 164 Å². The number of halogens is 2. The van der Waals surface area contributed by atoms with Gasteiger partial charge in [-0.25, -0.2) is 4.79 Å². The van der Waals surface area contributed by atoms with Crippen LogP contribution in [0.15, 0.2) is 59.2 Å². The number of nitrogens with one attached hydrogen (secondary N) is 1. The van der Waals surface area contributed by atoms with Crippen LogP contribution in [0.4, 0.5) is 10.5 Å². The molecule has 2 amide bonds. The molecule has 0 spiro atoms. The van der Waals surface area contributed by atoms with E-state index in [2.05, 4.69) is 21.2 Å². The molecule has 26 heavy (non-hydrogen) atoms. The lowest BCUT2D eigenvalue weighted by molar-refractivity contribution is -0.116. The number of ether oxygens (including phenoxy) is 1. The molecule has 0 saturated carbocycles. The van der Waals surface area contributed by atoms with E-state index >= 15 is 0 Å². The van der Waals surface area contributed by atoms with E-state index in [0.717, 1.165) is 5.56 Å². The predicted molar refractivity (Wildman–Crippen MR) is 105 cm³/mol. The van der Waals surface area contributed by atoms with E-state index < -0.39 is 0 Å². The average molecular weight is 436 g/mol. The first-order chi connectivity index (χ1) is 12.5. The van der Waals surface area contributed by atoms with Gasteiger partial charge in [-0.1, -0.05) is 41.9 Å². The Hall–Kier alpha value is -2.31. The van der Waals surface area contributed by atoms with Gasteiger partial charge in [-0.05, 0) is 33.6 Å². The summed E-state index contributed by atoms with van der Waals surface area (Å²) in [7, 11) is 1.51. The molecule has 1 aliphatic heterocycles. The molecule has 0 saturated heterocycles. The quantitative estimate of drug-likeness (QED) is 0.723. The summed E-state index contributed by atoms with van der Waals surface area (Å²) in [6.45, 7) is 0. The van der Waals surface area contributed by atoms with Crippen molar-refractivity contribution in [1.29, 1.82) is 0 Å². The molecule has 0 fully saturated rings. The van der Waals surface area contributed by atoms with Gasteiger partial charge in [-0.3, -0.25) is 9.69 Å². The average Bonchev–Trinajstić information content (AvgIpc) is 2.64. The monoisotopic (exact) mass is 434 g/mol. The number of hydrogen-bond donors (Lipinski definition) is 1. The molecule has 1 heterocycles. The van der Waals surface area contributed by atoms with Crippen LogP contribution in [0.5, 0.6) is 5.75 Å². The molecule has 1 unspecified atom stereocenters. The molecule has 2 aromatic carbocycles. The van der Waals surface area contributed by atoms with E-state index in [1.54, 1.807) is 12.1 Å². The second-order valence-corrected chi connectivity index (χ2v) is 6.98. The fourth-order valence-corrected chi connectivity index (χ4v) is 3.56. The fourth-order valence-electron chi connectivity index (χ4n) is 2.75. The van der Waals surface area contributed by atoms with Crippen molar-refractivity contribution in [2.24, 2.45) is 0 Å². The van der Waals surface area contributed by atoms with Gasteiger partial charge in [0.15, 0.2) is 5.78 Å². The number of ketones is 1. The summed E-state index contributed by atoms with van der Waals surface area (Å²) < 4.78 is 5.83. The number of methoxy groups -OCH3 is 1. The molecule has 5 nitrogen and oxygen atoms in total. The van der Waals surface area contributed by atoms with Crippen LogP contribution in [0.25, 0.3) is 0 Å². The molecule has 7 heteroatoms. The maximum atomic E-state index is 12.9. The van der Waals surface area contributed by atoms with Crippen LogP contribution in [0.1, 0.15) is 18.0 Å². The van der Waals surface area contributed by atoms with Gasteiger partial charge in [0.05, 0.1) is 23.9 Å². The summed E-state index contributed by atoms with van der Waals surface area (Å²) in [4.78, 5) is 26.2. The van der Waals surface area contributed by atoms with Crippen LogP contribution in [0.3, 0.4) is 0 Å². The highest BCUT2D eigenvalue weighted by molar-refractivity contribution is 9.10. The van der Waals surface area contributed by atoms with Gasteiger partial charge in [0, 0.05) is 23.2 Å². The third-order valence-corrected chi connectivity index (χ3v) is 5.00. The number of anilines is 1. The van der Waals surface area contributed by atoms with E-state index in [-0.39, 0.29) is 24.3 Å². The standard InChI is InChI=1S/C19H16BrClN2O3/c1-26-18-11-16(14(20)10-15(18)21)22-19(25)23-8-7-13(24)9-17(23)12-5-3-2-4-6-12/h2-8,10-11,17H,9H2,1H3,(H,22,25). The molecule has 0 bridgehead atoms. The number of amides is 2. The molecule has 0 aromatic heterocycles. The molecule has 3 rings (SSSR count). The van der Waals surface area contributed by atoms with Crippen molar-refractivity contribution in [3.05, 3.63) is 69.8 Å². The number of hydrogen-bond acceptors (Lipinski definition) is 3. The maximum absolute atomic E-state index is 12.9. The third kappa shape index (κ3) is 3.92. The summed E-state index contributed by atoms with van der Waals surface area (Å²) in [5.41, 5.74) is 1.42. The zero-order chi connectivity index (χ0) is 18.7. The van der Waals surface area contributed by atoms with Gasteiger partial charge in [0.1, 0.15) is 5.75 Å². The molecule has 1 atom stereocenters. The van der Waals surface area contributed by atoms with Crippen molar-refractivity contribution in [1.82, 2.24) is 4.90 Å². The van der Waals surface area contributed by atoms with Gasteiger partial charge in [0.25, 0.3) is 0 Å². The zero-order valence-electron chi connectivity index (χ0n) is 13.9. The number of nitrogens with zero attached hydrogens (tertiary/aromatic N) is 1. The number of carbonyl (C=O) groups excluding carboxylic acids is 2. The smallest absolute Gasteiger partial charge is 0.326 e. The van der Waals surface area contributed by atoms with Crippen LogP contribution in [-0.2, 0) is 4.79 Å². The Morgan fingerprint density at radius 2 is 2.04 bits per heavy atom. The second-order valence-electron chi connectivity index (χ2n) is 5.72. The number of benzene rings is 2.